The Kier molecular flexibility index (Phi) is 7.21. The molecule has 0 atom stereocenters. The van der Waals surface area contributed by atoms with Gasteiger partial charge in [-0.2, -0.15) is 0 Å². The van der Waals surface area contributed by atoms with Gasteiger partial charge in [-0.15, -0.1) is 24.0 Å². The molecule has 3 heterocycles. The summed E-state index contributed by atoms with van der Waals surface area (Å²) >= 11 is 0. The maximum absolute atomic E-state index is 5.62. The largest absolute Gasteiger partial charge is 0.381 e. The number of hydrogen-bond donors (Lipinski definition) is 1. The van der Waals surface area contributed by atoms with E-state index in [0.717, 1.165) is 51.6 Å². The van der Waals surface area contributed by atoms with Crippen LogP contribution in [-0.4, -0.2) is 74.3 Å². The maximum Gasteiger partial charge on any atom is 0.193 e. The number of aliphatic imine (C=N–C) groups is 1. The number of rotatable bonds is 3. The molecule has 3 aliphatic rings. The van der Waals surface area contributed by atoms with Crippen molar-refractivity contribution < 1.29 is 4.74 Å². The SMILES string of the molecule is CN=C(NCC1(N2CCCC2)CCOCC1)N1CCCC1.I. The molecule has 0 aromatic rings. The van der Waals surface area contributed by atoms with Crippen molar-refractivity contribution in [1.82, 2.24) is 15.1 Å². The number of halogens is 1. The van der Waals surface area contributed by atoms with Crippen LogP contribution in [0.1, 0.15) is 38.5 Å². The Morgan fingerprint density at radius 2 is 1.64 bits per heavy atom. The molecule has 0 radical (unpaired) electrons. The van der Waals surface area contributed by atoms with Crippen molar-refractivity contribution in [2.24, 2.45) is 4.99 Å². The molecule has 0 amide bonds. The fourth-order valence-electron chi connectivity index (χ4n) is 4.05. The van der Waals surface area contributed by atoms with E-state index in [1.165, 1.54) is 38.8 Å². The van der Waals surface area contributed by atoms with Gasteiger partial charge in [0.15, 0.2) is 5.96 Å². The van der Waals surface area contributed by atoms with Crippen LogP contribution in [0.3, 0.4) is 0 Å². The molecule has 0 unspecified atom stereocenters. The van der Waals surface area contributed by atoms with E-state index in [1.54, 1.807) is 0 Å². The molecule has 3 saturated heterocycles. The molecule has 3 aliphatic heterocycles. The zero-order valence-electron chi connectivity index (χ0n) is 13.9. The van der Waals surface area contributed by atoms with E-state index < -0.39 is 0 Å². The van der Waals surface area contributed by atoms with Crippen LogP contribution in [0, 0.1) is 0 Å². The summed E-state index contributed by atoms with van der Waals surface area (Å²) in [6.07, 6.45) is 7.60. The van der Waals surface area contributed by atoms with Crippen LogP contribution in [0.5, 0.6) is 0 Å². The standard InChI is InChI=1S/C16H30N4O.HI/c1-17-15(19-8-2-3-9-19)18-14-16(6-12-21-13-7-16)20-10-4-5-11-20;/h2-14H2,1H3,(H,17,18);1H. The summed E-state index contributed by atoms with van der Waals surface area (Å²) in [7, 11) is 1.91. The molecule has 0 aromatic heterocycles. The second kappa shape index (κ2) is 8.68. The Balaban J connectivity index is 0.00000176. The predicted molar refractivity (Wildman–Crippen MR) is 101 cm³/mol. The van der Waals surface area contributed by atoms with Gasteiger partial charge in [-0.1, -0.05) is 0 Å². The van der Waals surface area contributed by atoms with Crippen molar-refractivity contribution in [2.75, 3.05) is 53.0 Å². The Morgan fingerprint density at radius 3 is 2.23 bits per heavy atom. The van der Waals surface area contributed by atoms with Gasteiger partial charge in [-0.25, -0.2) is 0 Å². The van der Waals surface area contributed by atoms with Crippen LogP contribution in [0.15, 0.2) is 4.99 Å². The fraction of sp³-hybridized carbons (Fsp3) is 0.938. The molecule has 22 heavy (non-hydrogen) atoms. The second-order valence-corrected chi connectivity index (χ2v) is 6.63. The first-order valence-corrected chi connectivity index (χ1v) is 8.62. The van der Waals surface area contributed by atoms with E-state index in [-0.39, 0.29) is 29.5 Å². The van der Waals surface area contributed by atoms with Gasteiger partial charge in [0.05, 0.1) is 0 Å². The maximum atomic E-state index is 5.62. The molecule has 0 aromatic carbocycles. The minimum Gasteiger partial charge on any atom is -0.381 e. The highest BCUT2D eigenvalue weighted by Crippen LogP contribution is 2.30. The van der Waals surface area contributed by atoms with Gasteiger partial charge in [-0.3, -0.25) is 9.89 Å². The summed E-state index contributed by atoms with van der Waals surface area (Å²) < 4.78 is 5.62. The fourth-order valence-corrected chi connectivity index (χ4v) is 4.05. The van der Waals surface area contributed by atoms with Gasteiger partial charge in [0, 0.05) is 45.4 Å². The van der Waals surface area contributed by atoms with Gasteiger partial charge < -0.3 is 15.0 Å². The molecule has 0 spiro atoms. The molecule has 0 bridgehead atoms. The normalized spacial score (nSPS) is 26.0. The number of ether oxygens (including phenoxy) is 1. The Labute approximate surface area is 151 Å². The summed E-state index contributed by atoms with van der Waals surface area (Å²) in [5.74, 6) is 1.09. The molecular weight excluding hydrogens is 391 g/mol. The average molecular weight is 422 g/mol. The molecule has 0 saturated carbocycles. The molecular formula is C16H31IN4O. The Bertz CT molecular complexity index is 359. The highest BCUT2D eigenvalue weighted by molar-refractivity contribution is 14.0. The topological polar surface area (TPSA) is 40.1 Å². The van der Waals surface area contributed by atoms with Crippen LogP contribution in [0.4, 0.5) is 0 Å². The number of nitrogens with one attached hydrogen (secondary N) is 1. The van der Waals surface area contributed by atoms with Crippen LogP contribution in [0.2, 0.25) is 0 Å². The molecule has 0 aliphatic carbocycles. The Hall–Kier alpha value is -0.0800. The van der Waals surface area contributed by atoms with Gasteiger partial charge in [-0.05, 0) is 51.6 Å². The predicted octanol–water partition coefficient (Wildman–Crippen LogP) is 1.92. The van der Waals surface area contributed by atoms with Crippen LogP contribution >= 0.6 is 24.0 Å². The molecule has 128 valence electrons. The van der Waals surface area contributed by atoms with Crippen molar-refractivity contribution in [2.45, 2.75) is 44.1 Å². The molecule has 6 heteroatoms. The molecule has 3 fully saturated rings. The van der Waals surface area contributed by atoms with Crippen LogP contribution in [0.25, 0.3) is 0 Å². The summed E-state index contributed by atoms with van der Waals surface area (Å²) in [5, 5.41) is 3.68. The third-order valence-corrected chi connectivity index (χ3v) is 5.39. The number of likely N-dealkylation sites (tertiary alicyclic amines) is 2. The summed E-state index contributed by atoms with van der Waals surface area (Å²) in [5.41, 5.74) is 0.282. The zero-order chi connectivity index (χ0) is 14.5. The smallest absolute Gasteiger partial charge is 0.193 e. The third kappa shape index (κ3) is 4.06. The highest BCUT2D eigenvalue weighted by atomic mass is 127. The lowest BCUT2D eigenvalue weighted by Crippen LogP contribution is -2.58. The lowest BCUT2D eigenvalue weighted by atomic mass is 9.88. The van der Waals surface area contributed by atoms with E-state index in [4.69, 9.17) is 4.74 Å². The van der Waals surface area contributed by atoms with Crippen molar-refractivity contribution in [3.8, 4) is 0 Å². The summed E-state index contributed by atoms with van der Waals surface area (Å²) in [6.45, 7) is 7.63. The van der Waals surface area contributed by atoms with E-state index in [2.05, 4.69) is 20.1 Å². The van der Waals surface area contributed by atoms with Gasteiger partial charge in [0.25, 0.3) is 0 Å². The zero-order valence-corrected chi connectivity index (χ0v) is 16.2. The van der Waals surface area contributed by atoms with Gasteiger partial charge in [0.1, 0.15) is 0 Å². The van der Waals surface area contributed by atoms with E-state index in [1.807, 2.05) is 7.05 Å². The summed E-state index contributed by atoms with van der Waals surface area (Å²) in [6, 6.07) is 0. The van der Waals surface area contributed by atoms with Crippen LogP contribution < -0.4 is 5.32 Å². The quantitative estimate of drug-likeness (QED) is 0.429. The first-order valence-electron chi connectivity index (χ1n) is 8.62. The van der Waals surface area contributed by atoms with Gasteiger partial charge >= 0.3 is 0 Å². The van der Waals surface area contributed by atoms with Crippen molar-refractivity contribution in [3.05, 3.63) is 0 Å². The number of guanidine groups is 1. The number of hydrogen-bond acceptors (Lipinski definition) is 3. The first kappa shape index (κ1) is 18.3. The Morgan fingerprint density at radius 1 is 1.05 bits per heavy atom. The molecule has 1 N–H and O–H groups in total. The molecule has 5 nitrogen and oxygen atoms in total. The lowest BCUT2D eigenvalue weighted by molar-refractivity contribution is -0.0166. The average Bonchev–Trinajstić information content (AvgIpc) is 3.23. The van der Waals surface area contributed by atoms with Crippen molar-refractivity contribution in [3.63, 3.8) is 0 Å². The first-order chi connectivity index (χ1) is 10.3. The minimum absolute atomic E-state index is 0. The van der Waals surface area contributed by atoms with Crippen molar-refractivity contribution >= 4 is 29.9 Å². The lowest BCUT2D eigenvalue weighted by Gasteiger charge is -2.45. The van der Waals surface area contributed by atoms with E-state index >= 15 is 0 Å². The third-order valence-electron chi connectivity index (χ3n) is 5.39. The van der Waals surface area contributed by atoms with Crippen LogP contribution in [-0.2, 0) is 4.74 Å². The van der Waals surface area contributed by atoms with E-state index in [0.29, 0.717) is 0 Å². The second-order valence-electron chi connectivity index (χ2n) is 6.63. The monoisotopic (exact) mass is 422 g/mol. The van der Waals surface area contributed by atoms with Gasteiger partial charge in [0.2, 0.25) is 0 Å². The van der Waals surface area contributed by atoms with E-state index in [9.17, 15) is 0 Å². The summed E-state index contributed by atoms with van der Waals surface area (Å²) in [4.78, 5) is 9.60. The molecule has 3 rings (SSSR count). The number of nitrogens with zero attached hydrogens (tertiary/aromatic N) is 3. The van der Waals surface area contributed by atoms with Crippen molar-refractivity contribution in [1.29, 1.82) is 0 Å². The minimum atomic E-state index is 0. The highest BCUT2D eigenvalue weighted by Gasteiger charge is 2.39.